The normalized spacial score (nSPS) is 15.3. The van der Waals surface area contributed by atoms with Gasteiger partial charge in [-0.25, -0.2) is 0 Å². The number of piperidine rings is 1. The van der Waals surface area contributed by atoms with Crippen molar-refractivity contribution in [3.63, 3.8) is 0 Å². The fourth-order valence-corrected chi connectivity index (χ4v) is 2.56. The van der Waals surface area contributed by atoms with Crippen LogP contribution in [0.1, 0.15) is 19.3 Å². The summed E-state index contributed by atoms with van der Waals surface area (Å²) in [6.45, 7) is 2.27. The maximum atomic E-state index is 6.02. The molecule has 98 valence electrons. The molecule has 0 N–H and O–H groups in total. The smallest absolute Gasteiger partial charge is 0.150 e. The van der Waals surface area contributed by atoms with Gasteiger partial charge in [-0.3, -0.25) is 0 Å². The van der Waals surface area contributed by atoms with Gasteiger partial charge < -0.3 is 9.64 Å². The van der Waals surface area contributed by atoms with Crippen molar-refractivity contribution in [2.24, 2.45) is 0 Å². The molecule has 1 fully saturated rings. The molecule has 3 rings (SSSR count). The van der Waals surface area contributed by atoms with Crippen LogP contribution in [0.3, 0.4) is 0 Å². The minimum Gasteiger partial charge on any atom is -0.455 e. The van der Waals surface area contributed by atoms with Crippen LogP contribution < -0.4 is 9.64 Å². The number of ether oxygens (including phenoxy) is 1. The molecule has 0 saturated carbocycles. The molecule has 2 nitrogen and oxygen atoms in total. The van der Waals surface area contributed by atoms with Crippen molar-refractivity contribution in [3.8, 4) is 11.5 Å². The Bertz CT molecular complexity index is 518. The zero-order valence-corrected chi connectivity index (χ0v) is 11.1. The molecule has 0 aliphatic carbocycles. The molecule has 2 aromatic carbocycles. The highest BCUT2D eigenvalue weighted by molar-refractivity contribution is 5.59. The molecule has 0 radical (unpaired) electrons. The van der Waals surface area contributed by atoms with E-state index in [0.717, 1.165) is 24.6 Å². The molecule has 0 spiro atoms. The summed E-state index contributed by atoms with van der Waals surface area (Å²) >= 11 is 0. The maximum absolute atomic E-state index is 6.02. The van der Waals surface area contributed by atoms with Gasteiger partial charge in [-0.15, -0.1) is 0 Å². The zero-order valence-electron chi connectivity index (χ0n) is 11.1. The lowest BCUT2D eigenvalue weighted by Crippen LogP contribution is -2.29. The maximum Gasteiger partial charge on any atom is 0.150 e. The number of benzene rings is 2. The van der Waals surface area contributed by atoms with E-state index in [1.54, 1.807) is 0 Å². The fourth-order valence-electron chi connectivity index (χ4n) is 2.56. The summed E-state index contributed by atoms with van der Waals surface area (Å²) in [6, 6.07) is 18.3. The molecule has 0 aromatic heterocycles. The molecule has 0 unspecified atom stereocenters. The predicted molar refractivity (Wildman–Crippen MR) is 79.0 cm³/mol. The first kappa shape index (κ1) is 12.1. The van der Waals surface area contributed by atoms with Crippen molar-refractivity contribution >= 4 is 5.69 Å². The van der Waals surface area contributed by atoms with Crippen LogP contribution in [0.2, 0.25) is 0 Å². The molecular formula is C17H19NO. The van der Waals surface area contributed by atoms with Crippen molar-refractivity contribution in [1.29, 1.82) is 0 Å². The van der Waals surface area contributed by atoms with Crippen LogP contribution in [0.15, 0.2) is 54.6 Å². The number of nitrogens with zero attached hydrogens (tertiary/aromatic N) is 1. The van der Waals surface area contributed by atoms with Gasteiger partial charge >= 0.3 is 0 Å². The number of anilines is 1. The second kappa shape index (κ2) is 5.79. The van der Waals surface area contributed by atoms with E-state index < -0.39 is 0 Å². The lowest BCUT2D eigenvalue weighted by molar-refractivity contribution is 0.477. The van der Waals surface area contributed by atoms with Gasteiger partial charge in [-0.2, -0.15) is 0 Å². The van der Waals surface area contributed by atoms with E-state index in [9.17, 15) is 0 Å². The van der Waals surface area contributed by atoms with Crippen LogP contribution in [0.4, 0.5) is 5.69 Å². The molecule has 1 saturated heterocycles. The monoisotopic (exact) mass is 253 g/mol. The molecule has 0 atom stereocenters. The van der Waals surface area contributed by atoms with Gasteiger partial charge in [0.1, 0.15) is 5.75 Å². The van der Waals surface area contributed by atoms with E-state index in [2.05, 4.69) is 23.1 Å². The first-order valence-corrected chi connectivity index (χ1v) is 7.00. The quantitative estimate of drug-likeness (QED) is 0.800. The molecule has 2 aromatic rings. The van der Waals surface area contributed by atoms with Crippen LogP contribution >= 0.6 is 0 Å². The Kier molecular flexibility index (Phi) is 3.68. The third-order valence-electron chi connectivity index (χ3n) is 3.53. The summed E-state index contributed by atoms with van der Waals surface area (Å²) in [7, 11) is 0. The molecule has 1 aliphatic rings. The number of hydrogen-bond donors (Lipinski definition) is 0. The van der Waals surface area contributed by atoms with Crippen molar-refractivity contribution in [3.05, 3.63) is 54.6 Å². The Balaban J connectivity index is 1.84. The summed E-state index contributed by atoms with van der Waals surface area (Å²) in [6.07, 6.45) is 3.90. The zero-order chi connectivity index (χ0) is 12.9. The molecule has 19 heavy (non-hydrogen) atoms. The number of rotatable bonds is 3. The second-order valence-corrected chi connectivity index (χ2v) is 4.93. The third-order valence-corrected chi connectivity index (χ3v) is 3.53. The molecule has 0 bridgehead atoms. The van der Waals surface area contributed by atoms with Gasteiger partial charge in [-0.05, 0) is 43.5 Å². The molecule has 1 aliphatic heterocycles. The Labute approximate surface area is 114 Å². The van der Waals surface area contributed by atoms with E-state index >= 15 is 0 Å². The average Bonchev–Trinajstić information content (AvgIpc) is 2.50. The number of hydrogen-bond acceptors (Lipinski definition) is 2. The standard InChI is InChI=1S/C17H19NO/c1-3-9-15(10-4-1)19-17-12-6-5-11-16(17)18-13-7-2-8-14-18/h1,3-6,9-12H,2,7-8,13-14H2. The fraction of sp³-hybridized carbons (Fsp3) is 0.294. The van der Waals surface area contributed by atoms with Gasteiger partial charge in [0.05, 0.1) is 5.69 Å². The van der Waals surface area contributed by atoms with Crippen LogP contribution in [-0.2, 0) is 0 Å². The Morgan fingerprint density at radius 2 is 1.42 bits per heavy atom. The van der Waals surface area contributed by atoms with Crippen LogP contribution in [0, 0.1) is 0 Å². The molecular weight excluding hydrogens is 234 g/mol. The van der Waals surface area contributed by atoms with Crippen molar-refractivity contribution < 1.29 is 4.74 Å². The molecule has 0 amide bonds. The van der Waals surface area contributed by atoms with E-state index in [1.165, 1.54) is 24.9 Å². The SMILES string of the molecule is c1ccc(Oc2ccccc2N2CCCCC2)cc1. The summed E-state index contributed by atoms with van der Waals surface area (Å²) < 4.78 is 6.02. The second-order valence-electron chi connectivity index (χ2n) is 4.93. The van der Waals surface area contributed by atoms with Gasteiger partial charge in [-0.1, -0.05) is 30.3 Å². The summed E-state index contributed by atoms with van der Waals surface area (Å²) in [4.78, 5) is 2.43. The highest BCUT2D eigenvalue weighted by atomic mass is 16.5. The first-order valence-electron chi connectivity index (χ1n) is 7.00. The van der Waals surface area contributed by atoms with Gasteiger partial charge in [0.2, 0.25) is 0 Å². The van der Waals surface area contributed by atoms with Crippen LogP contribution in [0.25, 0.3) is 0 Å². The van der Waals surface area contributed by atoms with Crippen LogP contribution in [-0.4, -0.2) is 13.1 Å². The summed E-state index contributed by atoms with van der Waals surface area (Å²) in [5.74, 6) is 1.85. The lowest BCUT2D eigenvalue weighted by Gasteiger charge is -2.30. The van der Waals surface area contributed by atoms with Gasteiger partial charge in [0.25, 0.3) is 0 Å². The Morgan fingerprint density at radius 3 is 2.21 bits per heavy atom. The molecule has 1 heterocycles. The highest BCUT2D eigenvalue weighted by Crippen LogP contribution is 2.33. The average molecular weight is 253 g/mol. The number of para-hydroxylation sites is 3. The largest absolute Gasteiger partial charge is 0.455 e. The highest BCUT2D eigenvalue weighted by Gasteiger charge is 2.15. The Morgan fingerprint density at radius 1 is 0.737 bits per heavy atom. The Hall–Kier alpha value is -1.96. The third kappa shape index (κ3) is 2.90. The minimum atomic E-state index is 0.895. The minimum absolute atomic E-state index is 0.895. The first-order chi connectivity index (χ1) is 9.43. The summed E-state index contributed by atoms with van der Waals surface area (Å²) in [5, 5.41) is 0. The van der Waals surface area contributed by atoms with Crippen molar-refractivity contribution in [2.45, 2.75) is 19.3 Å². The molecule has 2 heteroatoms. The van der Waals surface area contributed by atoms with Gasteiger partial charge in [0, 0.05) is 13.1 Å². The lowest BCUT2D eigenvalue weighted by atomic mass is 10.1. The van der Waals surface area contributed by atoms with Gasteiger partial charge in [0.15, 0.2) is 5.75 Å². The van der Waals surface area contributed by atoms with E-state index in [-0.39, 0.29) is 0 Å². The van der Waals surface area contributed by atoms with E-state index in [1.807, 2.05) is 36.4 Å². The van der Waals surface area contributed by atoms with Crippen LogP contribution in [0.5, 0.6) is 11.5 Å². The summed E-state index contributed by atoms with van der Waals surface area (Å²) in [5.41, 5.74) is 1.21. The predicted octanol–water partition coefficient (Wildman–Crippen LogP) is 4.47. The van der Waals surface area contributed by atoms with Crippen molar-refractivity contribution in [1.82, 2.24) is 0 Å². The van der Waals surface area contributed by atoms with E-state index in [4.69, 9.17) is 4.74 Å². The topological polar surface area (TPSA) is 12.5 Å². The van der Waals surface area contributed by atoms with Crippen molar-refractivity contribution in [2.75, 3.05) is 18.0 Å². The van der Waals surface area contributed by atoms with E-state index in [0.29, 0.717) is 0 Å².